The Bertz CT molecular complexity index is 326. The highest BCUT2D eigenvalue weighted by Gasteiger charge is 2.13. The van der Waals surface area contributed by atoms with Crippen molar-refractivity contribution in [3.05, 3.63) is 29.3 Å². The Morgan fingerprint density at radius 1 is 1.31 bits per heavy atom. The quantitative estimate of drug-likeness (QED) is 0.804. The largest absolute Gasteiger partial charge is 0.496 e. The summed E-state index contributed by atoms with van der Waals surface area (Å²) in [7, 11) is 3.38. The normalized spacial score (nSPS) is 12.5. The second-order valence-corrected chi connectivity index (χ2v) is 3.94. The van der Waals surface area contributed by atoms with Gasteiger partial charge in [-0.25, -0.2) is 0 Å². The van der Waals surface area contributed by atoms with Crippen LogP contribution in [0.5, 0.6) is 5.75 Å². The first-order valence-corrected chi connectivity index (χ1v) is 5.59. The molecule has 90 valence electrons. The molecule has 0 radical (unpaired) electrons. The van der Waals surface area contributed by atoms with Crippen molar-refractivity contribution in [2.75, 3.05) is 20.8 Å². The van der Waals surface area contributed by atoms with Gasteiger partial charge in [-0.1, -0.05) is 19.1 Å². The van der Waals surface area contributed by atoms with Crippen LogP contribution in [0.1, 0.15) is 30.4 Å². The van der Waals surface area contributed by atoms with Crippen molar-refractivity contribution in [2.45, 2.75) is 25.9 Å². The Kier molecular flexibility index (Phi) is 5.29. The van der Waals surface area contributed by atoms with Crippen LogP contribution in [-0.2, 0) is 11.3 Å². The molecule has 0 amide bonds. The summed E-state index contributed by atoms with van der Waals surface area (Å²) in [6.07, 6.45) is 0.976. The molecule has 0 saturated heterocycles. The molecule has 0 saturated carbocycles. The van der Waals surface area contributed by atoms with Gasteiger partial charge in [0.15, 0.2) is 0 Å². The van der Waals surface area contributed by atoms with E-state index in [1.54, 1.807) is 14.2 Å². The molecule has 16 heavy (non-hydrogen) atoms. The van der Waals surface area contributed by atoms with Gasteiger partial charge in [0.1, 0.15) is 5.75 Å². The molecule has 3 heteroatoms. The fraction of sp³-hybridized carbons (Fsp3) is 0.538. The monoisotopic (exact) mass is 223 g/mol. The Labute approximate surface area is 97.6 Å². The lowest BCUT2D eigenvalue weighted by Gasteiger charge is -2.18. The van der Waals surface area contributed by atoms with Gasteiger partial charge in [0.05, 0.1) is 13.7 Å². The van der Waals surface area contributed by atoms with Crippen molar-refractivity contribution in [2.24, 2.45) is 5.73 Å². The average molecular weight is 223 g/mol. The van der Waals surface area contributed by atoms with E-state index < -0.39 is 0 Å². The summed E-state index contributed by atoms with van der Waals surface area (Å²) in [5.74, 6) is 1.33. The average Bonchev–Trinajstić information content (AvgIpc) is 2.30. The van der Waals surface area contributed by atoms with Gasteiger partial charge in [0, 0.05) is 12.7 Å². The Morgan fingerprint density at radius 2 is 2.06 bits per heavy atom. The molecule has 1 atom stereocenters. The van der Waals surface area contributed by atoms with Gasteiger partial charge in [0.25, 0.3) is 0 Å². The minimum absolute atomic E-state index is 0.435. The Hall–Kier alpha value is -1.06. The van der Waals surface area contributed by atoms with Crippen LogP contribution in [0.3, 0.4) is 0 Å². The zero-order valence-electron chi connectivity index (χ0n) is 10.3. The van der Waals surface area contributed by atoms with Gasteiger partial charge in [-0.2, -0.15) is 0 Å². The number of benzene rings is 1. The summed E-state index contributed by atoms with van der Waals surface area (Å²) in [6, 6.07) is 6.10. The zero-order valence-corrected chi connectivity index (χ0v) is 10.3. The highest BCUT2D eigenvalue weighted by Crippen LogP contribution is 2.29. The van der Waals surface area contributed by atoms with Gasteiger partial charge >= 0.3 is 0 Å². The van der Waals surface area contributed by atoms with E-state index in [2.05, 4.69) is 13.0 Å². The van der Waals surface area contributed by atoms with E-state index in [0.29, 0.717) is 19.1 Å². The molecule has 0 aromatic heterocycles. The molecule has 0 aliphatic rings. The summed E-state index contributed by atoms with van der Waals surface area (Å²) in [5.41, 5.74) is 8.00. The molecule has 1 aromatic carbocycles. The topological polar surface area (TPSA) is 44.5 Å². The van der Waals surface area contributed by atoms with E-state index in [1.807, 2.05) is 12.1 Å². The van der Waals surface area contributed by atoms with Crippen LogP contribution in [0.15, 0.2) is 18.2 Å². The molecule has 0 bridgehead atoms. The van der Waals surface area contributed by atoms with Crippen molar-refractivity contribution in [1.29, 1.82) is 0 Å². The van der Waals surface area contributed by atoms with Crippen molar-refractivity contribution < 1.29 is 9.47 Å². The van der Waals surface area contributed by atoms with Gasteiger partial charge in [-0.3, -0.25) is 0 Å². The first-order valence-electron chi connectivity index (χ1n) is 5.59. The number of rotatable bonds is 6. The van der Waals surface area contributed by atoms with E-state index in [-0.39, 0.29) is 0 Å². The van der Waals surface area contributed by atoms with Crippen LogP contribution < -0.4 is 10.5 Å². The highest BCUT2D eigenvalue weighted by atomic mass is 16.5. The number of hydrogen-bond donors (Lipinski definition) is 1. The van der Waals surface area contributed by atoms with E-state index >= 15 is 0 Å². The van der Waals surface area contributed by atoms with E-state index in [1.165, 1.54) is 5.56 Å². The van der Waals surface area contributed by atoms with Crippen LogP contribution in [0, 0.1) is 0 Å². The second-order valence-electron chi connectivity index (χ2n) is 3.94. The van der Waals surface area contributed by atoms with Crippen LogP contribution in [0.25, 0.3) is 0 Å². The molecule has 1 unspecified atom stereocenters. The van der Waals surface area contributed by atoms with Crippen LogP contribution in [-0.4, -0.2) is 20.8 Å². The minimum atomic E-state index is 0.435. The second kappa shape index (κ2) is 6.51. The maximum atomic E-state index is 5.60. The van der Waals surface area contributed by atoms with Gasteiger partial charge in [0.2, 0.25) is 0 Å². The predicted octanol–water partition coefficient (Wildman–Crippen LogP) is 2.29. The molecular weight excluding hydrogens is 202 g/mol. The molecular formula is C13H21NO2. The molecule has 0 spiro atoms. The molecule has 0 aliphatic carbocycles. The third-order valence-electron chi connectivity index (χ3n) is 2.81. The van der Waals surface area contributed by atoms with Gasteiger partial charge in [-0.15, -0.1) is 0 Å². The molecule has 0 aliphatic heterocycles. The summed E-state index contributed by atoms with van der Waals surface area (Å²) in [4.78, 5) is 0. The van der Waals surface area contributed by atoms with Crippen LogP contribution in [0.4, 0.5) is 0 Å². The van der Waals surface area contributed by atoms with E-state index in [0.717, 1.165) is 17.7 Å². The summed E-state index contributed by atoms with van der Waals surface area (Å²) in [5, 5.41) is 0. The van der Waals surface area contributed by atoms with Crippen LogP contribution in [0.2, 0.25) is 0 Å². The summed E-state index contributed by atoms with van der Waals surface area (Å²) in [6.45, 7) is 3.46. The minimum Gasteiger partial charge on any atom is -0.496 e. The predicted molar refractivity (Wildman–Crippen MR) is 65.8 cm³/mol. The molecule has 0 heterocycles. The third kappa shape index (κ3) is 2.97. The fourth-order valence-corrected chi connectivity index (χ4v) is 1.94. The van der Waals surface area contributed by atoms with E-state index in [9.17, 15) is 0 Å². The zero-order chi connectivity index (χ0) is 12.0. The van der Waals surface area contributed by atoms with Gasteiger partial charge in [-0.05, 0) is 30.5 Å². The van der Waals surface area contributed by atoms with Crippen molar-refractivity contribution in [1.82, 2.24) is 0 Å². The lowest BCUT2D eigenvalue weighted by Crippen LogP contribution is -2.08. The fourth-order valence-electron chi connectivity index (χ4n) is 1.94. The highest BCUT2D eigenvalue weighted by molar-refractivity contribution is 5.41. The molecule has 2 N–H and O–H groups in total. The Balaban J connectivity index is 3.05. The lowest BCUT2D eigenvalue weighted by molar-refractivity contribution is 0.180. The lowest BCUT2D eigenvalue weighted by atomic mass is 9.93. The molecule has 3 nitrogen and oxygen atoms in total. The standard InChI is InChI=1S/C13H21NO2/c1-10(7-8-14)11-5-4-6-13(16-3)12(11)9-15-2/h4-6,10H,7-9,14H2,1-3H3. The van der Waals surface area contributed by atoms with Crippen molar-refractivity contribution in [3.63, 3.8) is 0 Å². The number of ether oxygens (including phenoxy) is 2. The molecule has 0 fully saturated rings. The number of nitrogens with two attached hydrogens (primary N) is 1. The maximum absolute atomic E-state index is 5.60. The maximum Gasteiger partial charge on any atom is 0.124 e. The molecule has 1 aromatic rings. The van der Waals surface area contributed by atoms with Gasteiger partial charge < -0.3 is 15.2 Å². The van der Waals surface area contributed by atoms with Crippen molar-refractivity contribution in [3.8, 4) is 5.75 Å². The Morgan fingerprint density at radius 3 is 2.62 bits per heavy atom. The molecule has 1 rings (SSSR count). The summed E-state index contributed by atoms with van der Waals surface area (Å²) < 4.78 is 10.6. The summed E-state index contributed by atoms with van der Waals surface area (Å²) >= 11 is 0. The number of methoxy groups -OCH3 is 2. The van der Waals surface area contributed by atoms with Crippen LogP contribution >= 0.6 is 0 Å². The smallest absolute Gasteiger partial charge is 0.124 e. The van der Waals surface area contributed by atoms with Crippen molar-refractivity contribution >= 4 is 0 Å². The first kappa shape index (κ1) is 13.0. The first-order chi connectivity index (χ1) is 7.74. The third-order valence-corrected chi connectivity index (χ3v) is 2.81. The number of hydrogen-bond acceptors (Lipinski definition) is 3. The van der Waals surface area contributed by atoms with E-state index in [4.69, 9.17) is 15.2 Å². The SMILES string of the molecule is COCc1c(OC)cccc1C(C)CCN.